The van der Waals surface area contributed by atoms with Crippen molar-refractivity contribution in [3.05, 3.63) is 34.9 Å². The molecular formula is C23H28O11. The van der Waals surface area contributed by atoms with E-state index >= 15 is 0 Å². The Labute approximate surface area is 195 Å². The van der Waals surface area contributed by atoms with Crippen LogP contribution >= 0.6 is 0 Å². The number of esters is 2. The van der Waals surface area contributed by atoms with Crippen LogP contribution < -0.4 is 0 Å². The maximum absolute atomic E-state index is 12.9. The van der Waals surface area contributed by atoms with Crippen molar-refractivity contribution in [2.45, 2.75) is 63.2 Å². The fraction of sp³-hybridized carbons (Fsp3) is 0.609. The monoisotopic (exact) mass is 480 g/mol. The molecule has 0 saturated carbocycles. The molecule has 0 amide bonds. The third kappa shape index (κ3) is 4.12. The van der Waals surface area contributed by atoms with Gasteiger partial charge < -0.3 is 39.4 Å². The number of allylic oxidation sites excluding steroid dienone is 1. The van der Waals surface area contributed by atoms with Crippen molar-refractivity contribution >= 4 is 17.7 Å². The van der Waals surface area contributed by atoms with Crippen LogP contribution in [0, 0.1) is 11.8 Å². The molecule has 0 spiro atoms. The molecule has 0 aromatic carbocycles. The molecule has 2 aliphatic heterocycles. The van der Waals surface area contributed by atoms with Crippen LogP contribution in [0.5, 0.6) is 0 Å². The Bertz CT molecular complexity index is 964. The van der Waals surface area contributed by atoms with Crippen LogP contribution in [-0.2, 0) is 33.3 Å². The van der Waals surface area contributed by atoms with Crippen LogP contribution in [0.3, 0.4) is 0 Å². The van der Waals surface area contributed by atoms with Crippen LogP contribution in [0.2, 0.25) is 0 Å². The van der Waals surface area contributed by atoms with E-state index < -0.39 is 73.3 Å². The molecule has 11 heteroatoms. The first-order chi connectivity index (χ1) is 16.0. The Morgan fingerprint density at radius 2 is 1.91 bits per heavy atom. The molecular weight excluding hydrogens is 452 g/mol. The van der Waals surface area contributed by atoms with E-state index in [1.807, 2.05) is 0 Å². The van der Waals surface area contributed by atoms with Crippen LogP contribution in [0.15, 0.2) is 34.9 Å². The summed E-state index contributed by atoms with van der Waals surface area (Å²) in [6.07, 6.45) is -7.29. The van der Waals surface area contributed by atoms with Crippen molar-refractivity contribution in [3.8, 4) is 0 Å². The molecule has 0 aromatic rings. The minimum absolute atomic E-state index is 0.152. The zero-order chi connectivity index (χ0) is 24.9. The zero-order valence-corrected chi connectivity index (χ0v) is 18.7. The molecule has 2 saturated heterocycles. The summed E-state index contributed by atoms with van der Waals surface area (Å²) >= 11 is 0. The SMILES string of the molecule is C=C1C(=O)O[C@@H]2[C@H]3C(CO[C@@H]4O[C@H](CO)[C@@H](O)[C@@H](O)[C@H]4O)=CC(=O)C3=C(C)C[C@H](OC(C)=O)[C@@H]12. The van der Waals surface area contributed by atoms with Gasteiger partial charge in [0.25, 0.3) is 0 Å². The van der Waals surface area contributed by atoms with E-state index in [1.54, 1.807) is 6.92 Å². The zero-order valence-electron chi connectivity index (χ0n) is 18.7. The van der Waals surface area contributed by atoms with E-state index in [-0.39, 0.29) is 24.4 Å². The van der Waals surface area contributed by atoms with Crippen LogP contribution in [-0.4, -0.2) is 94.3 Å². The van der Waals surface area contributed by atoms with Gasteiger partial charge in [-0.15, -0.1) is 0 Å². The average Bonchev–Trinajstić information content (AvgIpc) is 3.22. The van der Waals surface area contributed by atoms with Crippen molar-refractivity contribution in [1.29, 1.82) is 0 Å². The van der Waals surface area contributed by atoms with Gasteiger partial charge in [-0.2, -0.15) is 0 Å². The lowest BCUT2D eigenvalue weighted by Gasteiger charge is -2.39. The standard InChI is InChI=1S/C23H28O11/c1-8-4-13(32-10(3)25)16-9(2)22(30)34-21(16)17-11(5-12(26)15(8)17)7-31-23-20(29)19(28)18(27)14(6-24)33-23/h5,13-14,16-21,23-24,27-29H,2,4,6-7H2,1,3H3/t13-,14+,16+,17-,18+,19+,20+,21-,23+/m0/s1. The summed E-state index contributed by atoms with van der Waals surface area (Å²) in [7, 11) is 0. The van der Waals surface area contributed by atoms with Gasteiger partial charge in [-0.05, 0) is 18.6 Å². The highest BCUT2D eigenvalue weighted by atomic mass is 16.7. The van der Waals surface area contributed by atoms with Gasteiger partial charge in [0.2, 0.25) is 0 Å². The number of aliphatic hydroxyl groups is 4. The molecule has 34 heavy (non-hydrogen) atoms. The number of aliphatic hydroxyl groups excluding tert-OH is 4. The Morgan fingerprint density at radius 3 is 2.56 bits per heavy atom. The van der Waals surface area contributed by atoms with E-state index in [4.69, 9.17) is 18.9 Å². The lowest BCUT2D eigenvalue weighted by Crippen LogP contribution is -2.59. The molecule has 9 atom stereocenters. The van der Waals surface area contributed by atoms with Crippen molar-refractivity contribution in [2.75, 3.05) is 13.2 Å². The minimum atomic E-state index is -1.61. The first-order valence-corrected chi connectivity index (χ1v) is 11.0. The van der Waals surface area contributed by atoms with Crippen molar-refractivity contribution in [3.63, 3.8) is 0 Å². The summed E-state index contributed by atoms with van der Waals surface area (Å²) in [4.78, 5) is 37.0. The molecule has 0 bridgehead atoms. The predicted molar refractivity (Wildman–Crippen MR) is 112 cm³/mol. The molecule has 4 aliphatic rings. The summed E-state index contributed by atoms with van der Waals surface area (Å²) in [5.41, 5.74) is 1.69. The number of hydrogen-bond acceptors (Lipinski definition) is 11. The number of hydrogen-bond donors (Lipinski definition) is 4. The van der Waals surface area contributed by atoms with Gasteiger partial charge in [-0.3, -0.25) is 9.59 Å². The summed E-state index contributed by atoms with van der Waals surface area (Å²) in [6, 6.07) is 0. The fourth-order valence-electron chi connectivity index (χ4n) is 5.23. The molecule has 186 valence electrons. The largest absolute Gasteiger partial charge is 0.461 e. The van der Waals surface area contributed by atoms with E-state index in [0.29, 0.717) is 16.7 Å². The highest BCUT2D eigenvalue weighted by molar-refractivity contribution is 6.09. The number of carbonyl (C=O) groups excluding carboxylic acids is 3. The quantitative estimate of drug-likeness (QED) is 0.272. The number of ether oxygens (including phenoxy) is 4. The molecule has 4 rings (SSSR count). The first kappa shape index (κ1) is 24.7. The average molecular weight is 480 g/mol. The summed E-state index contributed by atoms with van der Waals surface area (Å²) < 4.78 is 22.1. The topological polar surface area (TPSA) is 169 Å². The summed E-state index contributed by atoms with van der Waals surface area (Å²) in [5.74, 6) is -2.83. The van der Waals surface area contributed by atoms with Crippen molar-refractivity contribution < 1.29 is 53.8 Å². The Kier molecular flexibility index (Phi) is 6.78. The van der Waals surface area contributed by atoms with Gasteiger partial charge in [-0.1, -0.05) is 12.2 Å². The Balaban J connectivity index is 1.60. The number of ketones is 1. The van der Waals surface area contributed by atoms with E-state index in [0.717, 1.165) is 0 Å². The van der Waals surface area contributed by atoms with Crippen LogP contribution in [0.4, 0.5) is 0 Å². The maximum Gasteiger partial charge on any atom is 0.334 e. The molecule has 0 aromatic heterocycles. The van der Waals surface area contributed by atoms with Gasteiger partial charge in [0, 0.05) is 30.4 Å². The van der Waals surface area contributed by atoms with Gasteiger partial charge in [0.1, 0.15) is 36.6 Å². The molecule has 4 N–H and O–H groups in total. The van der Waals surface area contributed by atoms with Crippen LogP contribution in [0.1, 0.15) is 20.3 Å². The highest BCUT2D eigenvalue weighted by Gasteiger charge is 2.54. The minimum Gasteiger partial charge on any atom is -0.461 e. The van der Waals surface area contributed by atoms with E-state index in [1.165, 1.54) is 13.0 Å². The van der Waals surface area contributed by atoms with Gasteiger partial charge >= 0.3 is 11.9 Å². The lowest BCUT2D eigenvalue weighted by atomic mass is 9.82. The maximum atomic E-state index is 12.9. The fourth-order valence-corrected chi connectivity index (χ4v) is 5.23. The van der Waals surface area contributed by atoms with Crippen molar-refractivity contribution in [2.24, 2.45) is 11.8 Å². The summed E-state index contributed by atoms with van der Waals surface area (Å²) in [6.45, 7) is 5.98. The third-order valence-electron chi connectivity index (χ3n) is 6.83. The summed E-state index contributed by atoms with van der Waals surface area (Å²) in [5, 5.41) is 39.5. The Morgan fingerprint density at radius 1 is 1.21 bits per heavy atom. The van der Waals surface area contributed by atoms with E-state index in [2.05, 4.69) is 6.58 Å². The normalized spacial score (nSPS) is 39.9. The molecule has 0 radical (unpaired) electrons. The molecule has 11 nitrogen and oxygen atoms in total. The van der Waals surface area contributed by atoms with E-state index in [9.17, 15) is 34.8 Å². The Hall–Kier alpha value is -2.41. The highest BCUT2D eigenvalue weighted by Crippen LogP contribution is 2.48. The second kappa shape index (κ2) is 9.33. The van der Waals surface area contributed by atoms with Gasteiger partial charge in [0.15, 0.2) is 12.1 Å². The van der Waals surface area contributed by atoms with Gasteiger partial charge in [0.05, 0.1) is 19.1 Å². The van der Waals surface area contributed by atoms with Crippen LogP contribution in [0.25, 0.3) is 0 Å². The second-order valence-corrected chi connectivity index (χ2v) is 9.04. The molecule has 0 unspecified atom stereocenters. The molecule has 2 heterocycles. The molecule has 2 aliphatic carbocycles. The molecule has 2 fully saturated rings. The van der Waals surface area contributed by atoms with Crippen molar-refractivity contribution in [1.82, 2.24) is 0 Å². The third-order valence-corrected chi connectivity index (χ3v) is 6.83. The number of fused-ring (bicyclic) bond motifs is 3. The number of carbonyl (C=O) groups is 3. The first-order valence-electron chi connectivity index (χ1n) is 11.0. The number of rotatable bonds is 5. The second-order valence-electron chi connectivity index (χ2n) is 9.04. The van der Waals surface area contributed by atoms with Gasteiger partial charge in [-0.25, -0.2) is 4.79 Å². The smallest absolute Gasteiger partial charge is 0.334 e. The predicted octanol–water partition coefficient (Wildman–Crippen LogP) is -1.32. The lowest BCUT2D eigenvalue weighted by molar-refractivity contribution is -0.299.